The minimum atomic E-state index is -1.01. The zero-order chi connectivity index (χ0) is 17.9. The Balaban J connectivity index is 1.65. The van der Waals surface area contributed by atoms with E-state index >= 15 is 0 Å². The molecule has 6 heteroatoms. The average Bonchev–Trinajstić information content (AvgIpc) is 3.08. The third-order valence-corrected chi connectivity index (χ3v) is 5.02. The van der Waals surface area contributed by atoms with E-state index in [4.69, 9.17) is 0 Å². The van der Waals surface area contributed by atoms with E-state index in [2.05, 4.69) is 29.6 Å². The summed E-state index contributed by atoms with van der Waals surface area (Å²) >= 11 is 0. The minimum Gasteiger partial charge on any atom is -0.383 e. The van der Waals surface area contributed by atoms with Gasteiger partial charge in [-0.2, -0.15) is 5.10 Å². The zero-order valence-corrected chi connectivity index (χ0v) is 14.8. The van der Waals surface area contributed by atoms with Crippen LogP contribution in [0, 0.1) is 0 Å². The first-order valence-corrected chi connectivity index (χ1v) is 8.92. The van der Waals surface area contributed by atoms with Crippen LogP contribution in [-0.2, 0) is 12.0 Å². The van der Waals surface area contributed by atoms with Crippen molar-refractivity contribution in [3.63, 3.8) is 0 Å². The van der Waals surface area contributed by atoms with Crippen molar-refractivity contribution in [2.75, 3.05) is 11.9 Å². The van der Waals surface area contributed by atoms with Gasteiger partial charge < -0.3 is 10.4 Å². The lowest BCUT2D eigenvalue weighted by Gasteiger charge is -2.34. The van der Waals surface area contributed by atoms with Crippen molar-refractivity contribution in [3.8, 4) is 0 Å². The SMILES string of the molecule is CCC(C)n1nccc1NC(=O)NCC1(O)CCCc2ccccc21. The first-order chi connectivity index (χ1) is 12.0. The topological polar surface area (TPSA) is 79.2 Å². The predicted molar refractivity (Wildman–Crippen MR) is 97.5 cm³/mol. The molecule has 0 saturated carbocycles. The Bertz CT molecular complexity index is 743. The van der Waals surface area contributed by atoms with Crippen LogP contribution in [0.3, 0.4) is 0 Å². The lowest BCUT2D eigenvalue weighted by molar-refractivity contribution is 0.0221. The van der Waals surface area contributed by atoms with Gasteiger partial charge in [0.25, 0.3) is 0 Å². The lowest BCUT2D eigenvalue weighted by Crippen LogP contribution is -2.44. The first-order valence-electron chi connectivity index (χ1n) is 8.92. The summed E-state index contributed by atoms with van der Waals surface area (Å²) in [6.45, 7) is 4.32. The second kappa shape index (κ2) is 7.27. The maximum Gasteiger partial charge on any atom is 0.320 e. The summed E-state index contributed by atoms with van der Waals surface area (Å²) in [7, 11) is 0. The molecule has 1 aromatic carbocycles. The Labute approximate surface area is 148 Å². The summed E-state index contributed by atoms with van der Waals surface area (Å²) in [5.74, 6) is 0.655. The Morgan fingerprint density at radius 2 is 2.20 bits per heavy atom. The molecule has 2 aromatic rings. The van der Waals surface area contributed by atoms with E-state index in [-0.39, 0.29) is 18.6 Å². The molecule has 1 heterocycles. The molecular weight excluding hydrogens is 316 g/mol. The molecule has 2 amide bonds. The highest BCUT2D eigenvalue weighted by Gasteiger charge is 2.34. The van der Waals surface area contributed by atoms with E-state index < -0.39 is 5.60 Å². The largest absolute Gasteiger partial charge is 0.383 e. The molecule has 3 rings (SSSR count). The van der Waals surface area contributed by atoms with Crippen LogP contribution in [0.25, 0.3) is 0 Å². The standard InChI is InChI=1S/C19H26N4O2/c1-3-14(2)23-17(10-12-21-23)22-18(24)20-13-19(25)11-6-8-15-7-4-5-9-16(15)19/h4-5,7,9-10,12,14,25H,3,6,8,11,13H2,1-2H3,(H2,20,22,24). The van der Waals surface area contributed by atoms with Crippen molar-refractivity contribution in [2.45, 2.75) is 51.2 Å². The van der Waals surface area contributed by atoms with Crippen LogP contribution >= 0.6 is 0 Å². The van der Waals surface area contributed by atoms with Gasteiger partial charge in [-0.15, -0.1) is 0 Å². The van der Waals surface area contributed by atoms with Gasteiger partial charge in [-0.05, 0) is 43.7 Å². The highest BCUT2D eigenvalue weighted by Crippen LogP contribution is 2.34. The van der Waals surface area contributed by atoms with Gasteiger partial charge in [0.2, 0.25) is 0 Å². The molecule has 2 atom stereocenters. The second-order valence-corrected chi connectivity index (χ2v) is 6.77. The number of urea groups is 1. The van der Waals surface area contributed by atoms with Gasteiger partial charge in [0.1, 0.15) is 11.4 Å². The van der Waals surface area contributed by atoms with Crippen LogP contribution in [0.5, 0.6) is 0 Å². The number of nitrogens with one attached hydrogen (secondary N) is 2. The summed E-state index contributed by atoms with van der Waals surface area (Å²) < 4.78 is 1.80. The number of rotatable bonds is 5. The summed E-state index contributed by atoms with van der Waals surface area (Å²) in [6, 6.07) is 9.56. The van der Waals surface area contributed by atoms with Crippen LogP contribution in [0.1, 0.15) is 50.3 Å². The molecule has 0 bridgehead atoms. The highest BCUT2D eigenvalue weighted by molar-refractivity contribution is 5.88. The van der Waals surface area contributed by atoms with Gasteiger partial charge in [0, 0.05) is 6.07 Å². The smallest absolute Gasteiger partial charge is 0.320 e. The Morgan fingerprint density at radius 3 is 3.00 bits per heavy atom. The fourth-order valence-electron chi connectivity index (χ4n) is 3.41. The van der Waals surface area contributed by atoms with E-state index in [1.165, 1.54) is 0 Å². The molecule has 25 heavy (non-hydrogen) atoms. The van der Waals surface area contributed by atoms with Gasteiger partial charge in [-0.1, -0.05) is 31.2 Å². The number of anilines is 1. The number of hydrogen-bond donors (Lipinski definition) is 3. The van der Waals surface area contributed by atoms with Gasteiger partial charge >= 0.3 is 6.03 Å². The van der Waals surface area contributed by atoms with E-state index in [0.29, 0.717) is 12.2 Å². The highest BCUT2D eigenvalue weighted by atomic mass is 16.3. The minimum absolute atomic E-state index is 0.188. The molecule has 1 aliphatic carbocycles. The molecule has 3 N–H and O–H groups in total. The van der Waals surface area contributed by atoms with E-state index in [0.717, 1.165) is 30.4 Å². The Hall–Kier alpha value is -2.34. The fourth-order valence-corrected chi connectivity index (χ4v) is 3.41. The number of aryl methyl sites for hydroxylation is 1. The Morgan fingerprint density at radius 1 is 1.40 bits per heavy atom. The van der Waals surface area contributed by atoms with Crippen LogP contribution in [0.15, 0.2) is 36.5 Å². The lowest BCUT2D eigenvalue weighted by atomic mass is 9.79. The second-order valence-electron chi connectivity index (χ2n) is 6.77. The van der Waals surface area contributed by atoms with Crippen LogP contribution in [-0.4, -0.2) is 27.5 Å². The van der Waals surface area contributed by atoms with Crippen molar-refractivity contribution in [1.82, 2.24) is 15.1 Å². The maximum absolute atomic E-state index is 12.3. The van der Waals surface area contributed by atoms with E-state index in [1.54, 1.807) is 16.9 Å². The third kappa shape index (κ3) is 3.69. The normalized spacial score (nSPS) is 20.6. The molecule has 0 aliphatic heterocycles. The molecule has 1 aliphatic rings. The van der Waals surface area contributed by atoms with Crippen molar-refractivity contribution in [3.05, 3.63) is 47.7 Å². The van der Waals surface area contributed by atoms with Crippen LogP contribution < -0.4 is 10.6 Å². The monoisotopic (exact) mass is 342 g/mol. The molecule has 0 saturated heterocycles. The number of hydrogen-bond acceptors (Lipinski definition) is 3. The van der Waals surface area contributed by atoms with Crippen LogP contribution in [0.4, 0.5) is 10.6 Å². The van der Waals surface area contributed by atoms with Crippen molar-refractivity contribution < 1.29 is 9.90 Å². The van der Waals surface area contributed by atoms with Gasteiger partial charge in [-0.25, -0.2) is 9.48 Å². The summed E-state index contributed by atoms with van der Waals surface area (Å²) in [5.41, 5.74) is 1.07. The molecule has 0 spiro atoms. The van der Waals surface area contributed by atoms with E-state index in [9.17, 15) is 9.90 Å². The van der Waals surface area contributed by atoms with Gasteiger partial charge in [-0.3, -0.25) is 5.32 Å². The summed E-state index contributed by atoms with van der Waals surface area (Å²) in [4.78, 5) is 12.3. The third-order valence-electron chi connectivity index (χ3n) is 5.02. The van der Waals surface area contributed by atoms with Crippen molar-refractivity contribution in [2.24, 2.45) is 0 Å². The molecule has 2 unspecified atom stereocenters. The predicted octanol–water partition coefficient (Wildman–Crippen LogP) is 3.20. The first kappa shape index (κ1) is 17.5. The zero-order valence-electron chi connectivity index (χ0n) is 14.8. The number of amides is 2. The number of aromatic nitrogens is 2. The van der Waals surface area contributed by atoms with E-state index in [1.807, 2.05) is 24.3 Å². The van der Waals surface area contributed by atoms with Crippen molar-refractivity contribution in [1.29, 1.82) is 0 Å². The molecule has 134 valence electrons. The molecule has 6 nitrogen and oxygen atoms in total. The van der Waals surface area contributed by atoms with Gasteiger partial charge in [0.15, 0.2) is 0 Å². The fraction of sp³-hybridized carbons (Fsp3) is 0.474. The number of nitrogens with zero attached hydrogens (tertiary/aromatic N) is 2. The van der Waals surface area contributed by atoms with Crippen LogP contribution in [0.2, 0.25) is 0 Å². The average molecular weight is 342 g/mol. The molecule has 0 radical (unpaired) electrons. The number of carbonyl (C=O) groups excluding carboxylic acids is 1. The van der Waals surface area contributed by atoms with Crippen molar-refractivity contribution >= 4 is 11.8 Å². The Kier molecular flexibility index (Phi) is 5.08. The number of benzene rings is 1. The summed E-state index contributed by atoms with van der Waals surface area (Å²) in [6.07, 6.45) is 5.13. The molecule has 1 aromatic heterocycles. The quantitative estimate of drug-likeness (QED) is 0.781. The number of aliphatic hydroxyl groups is 1. The molecule has 0 fully saturated rings. The van der Waals surface area contributed by atoms with Gasteiger partial charge in [0.05, 0.1) is 18.8 Å². The maximum atomic E-state index is 12.3. The summed E-state index contributed by atoms with van der Waals surface area (Å²) in [5, 5.41) is 20.9. The number of fused-ring (bicyclic) bond motifs is 1. The number of carbonyl (C=O) groups is 1. The molecular formula is C19H26N4O2.